The first-order valence-corrected chi connectivity index (χ1v) is 6.67. The van der Waals surface area contributed by atoms with Crippen molar-refractivity contribution >= 4 is 21.7 Å². The molecule has 2 aliphatic rings. The second-order valence-corrected chi connectivity index (χ2v) is 6.31. The van der Waals surface area contributed by atoms with Gasteiger partial charge in [0.25, 0.3) is 5.91 Å². The fourth-order valence-electron chi connectivity index (χ4n) is 2.43. The molecule has 1 amide bonds. The van der Waals surface area contributed by atoms with Gasteiger partial charge in [0.15, 0.2) is 21.3 Å². The molecule has 1 heterocycles. The van der Waals surface area contributed by atoms with E-state index in [9.17, 15) is 13.2 Å². The van der Waals surface area contributed by atoms with E-state index in [1.165, 1.54) is 0 Å². The normalized spacial score (nSPS) is 35.7. The number of nitrogens with two attached hydrogens (primary N) is 1. The lowest BCUT2D eigenvalue weighted by Crippen LogP contribution is -2.48. The molecular formula is C8H13N3O3S. The fourth-order valence-corrected chi connectivity index (χ4v) is 4.01. The van der Waals surface area contributed by atoms with Crippen LogP contribution in [0.25, 0.3) is 0 Å². The Labute approximate surface area is 87.9 Å². The molecule has 0 bridgehead atoms. The molecule has 1 saturated carbocycles. The van der Waals surface area contributed by atoms with E-state index in [0.29, 0.717) is 19.3 Å². The van der Waals surface area contributed by atoms with Crippen molar-refractivity contribution in [1.29, 1.82) is 0 Å². The maximum atomic E-state index is 11.7. The lowest BCUT2D eigenvalue weighted by molar-refractivity contribution is -0.123. The zero-order chi connectivity index (χ0) is 11.3. The van der Waals surface area contributed by atoms with E-state index in [1.807, 2.05) is 0 Å². The molecule has 0 aromatic carbocycles. The van der Waals surface area contributed by atoms with Crippen LogP contribution in [0.3, 0.4) is 0 Å². The quantitative estimate of drug-likeness (QED) is 0.589. The van der Waals surface area contributed by atoms with Crippen molar-refractivity contribution in [3.05, 3.63) is 0 Å². The minimum absolute atomic E-state index is 0.0237. The van der Waals surface area contributed by atoms with E-state index < -0.39 is 20.6 Å². The van der Waals surface area contributed by atoms with E-state index in [2.05, 4.69) is 10.3 Å². The first-order chi connectivity index (χ1) is 6.86. The zero-order valence-corrected chi connectivity index (χ0v) is 9.17. The summed E-state index contributed by atoms with van der Waals surface area (Å²) in [5.41, 5.74) is 4.25. The summed E-state index contributed by atoms with van der Waals surface area (Å²) in [5.74, 6) is -0.358. The third kappa shape index (κ3) is 1.41. The number of carbonyl (C=O) groups excluding carboxylic acids is 1. The van der Waals surface area contributed by atoms with E-state index in [1.54, 1.807) is 0 Å². The van der Waals surface area contributed by atoms with Gasteiger partial charge in [0.2, 0.25) is 0 Å². The van der Waals surface area contributed by atoms with E-state index in [0.717, 1.165) is 6.26 Å². The largest absolute Gasteiger partial charge is 0.370 e. The first-order valence-electron chi connectivity index (χ1n) is 4.72. The number of nitrogens with one attached hydrogen (secondary N) is 1. The molecule has 15 heavy (non-hydrogen) atoms. The van der Waals surface area contributed by atoms with Crippen molar-refractivity contribution in [1.82, 2.24) is 5.32 Å². The predicted molar refractivity (Wildman–Crippen MR) is 55.0 cm³/mol. The van der Waals surface area contributed by atoms with Crippen LogP contribution in [0.15, 0.2) is 4.99 Å². The number of nitrogens with zero attached hydrogens (tertiary/aromatic N) is 1. The monoisotopic (exact) mass is 231 g/mol. The summed E-state index contributed by atoms with van der Waals surface area (Å²) in [4.78, 5) is 15.7. The number of rotatable bonds is 1. The molecule has 0 saturated heterocycles. The Morgan fingerprint density at radius 1 is 1.60 bits per heavy atom. The van der Waals surface area contributed by atoms with Crippen molar-refractivity contribution < 1.29 is 13.2 Å². The van der Waals surface area contributed by atoms with Gasteiger partial charge in [0.1, 0.15) is 0 Å². The van der Waals surface area contributed by atoms with Crippen LogP contribution in [0.5, 0.6) is 0 Å². The maximum Gasteiger partial charge on any atom is 0.256 e. The average Bonchev–Trinajstić information content (AvgIpc) is 2.57. The van der Waals surface area contributed by atoms with Gasteiger partial charge in [-0.3, -0.25) is 10.1 Å². The number of aliphatic imine (C=N–C) groups is 1. The molecule has 0 aromatic heterocycles. The number of carbonyl (C=O) groups is 1. The SMILES string of the molecule is CS(=O)(=O)C1CCCC12N=C(N)NC2=O. The maximum absolute atomic E-state index is 11.7. The van der Waals surface area contributed by atoms with Gasteiger partial charge in [-0.2, -0.15) is 0 Å². The highest BCUT2D eigenvalue weighted by Crippen LogP contribution is 2.39. The van der Waals surface area contributed by atoms with E-state index >= 15 is 0 Å². The summed E-state index contributed by atoms with van der Waals surface area (Å²) in [5, 5.41) is 1.65. The Morgan fingerprint density at radius 2 is 2.27 bits per heavy atom. The van der Waals surface area contributed by atoms with Crippen LogP contribution >= 0.6 is 0 Å². The molecule has 1 aliphatic heterocycles. The summed E-state index contributed by atoms with van der Waals surface area (Å²) in [7, 11) is -3.27. The highest BCUT2D eigenvalue weighted by molar-refractivity contribution is 7.91. The Hall–Kier alpha value is -1.11. The third-order valence-corrected chi connectivity index (χ3v) is 4.69. The second-order valence-electron chi connectivity index (χ2n) is 4.09. The summed E-state index contributed by atoms with van der Waals surface area (Å²) >= 11 is 0. The molecule has 2 unspecified atom stereocenters. The lowest BCUT2D eigenvalue weighted by Gasteiger charge is -2.23. The van der Waals surface area contributed by atoms with Crippen LogP contribution in [-0.4, -0.2) is 37.3 Å². The molecule has 1 spiro atoms. The number of sulfone groups is 1. The van der Waals surface area contributed by atoms with Crippen LogP contribution in [-0.2, 0) is 14.6 Å². The van der Waals surface area contributed by atoms with Gasteiger partial charge in [-0.15, -0.1) is 0 Å². The molecule has 2 atom stereocenters. The van der Waals surface area contributed by atoms with Gasteiger partial charge in [-0.25, -0.2) is 13.4 Å². The van der Waals surface area contributed by atoms with Crippen LogP contribution in [0.2, 0.25) is 0 Å². The molecule has 3 N–H and O–H groups in total. The van der Waals surface area contributed by atoms with E-state index in [-0.39, 0.29) is 11.9 Å². The van der Waals surface area contributed by atoms with Gasteiger partial charge >= 0.3 is 0 Å². The summed E-state index contributed by atoms with van der Waals surface area (Å²) in [6, 6.07) is 0. The first kappa shape index (κ1) is 10.4. The van der Waals surface area contributed by atoms with Gasteiger partial charge in [0.05, 0.1) is 5.25 Å². The topological polar surface area (TPSA) is 102 Å². The zero-order valence-electron chi connectivity index (χ0n) is 8.36. The molecule has 0 radical (unpaired) electrons. The number of guanidine groups is 1. The second kappa shape index (κ2) is 2.94. The Bertz CT molecular complexity index is 442. The number of hydrogen-bond donors (Lipinski definition) is 2. The van der Waals surface area contributed by atoms with Gasteiger partial charge < -0.3 is 5.73 Å². The highest BCUT2D eigenvalue weighted by atomic mass is 32.2. The van der Waals surface area contributed by atoms with Gasteiger partial charge in [-0.1, -0.05) is 0 Å². The van der Waals surface area contributed by atoms with E-state index in [4.69, 9.17) is 5.73 Å². The molecule has 2 rings (SSSR count). The standard InChI is InChI=1S/C8H13N3O3S/c1-15(13,14)5-3-2-4-8(5)6(12)10-7(9)11-8/h5H,2-4H2,1H3,(H3,9,10,11,12). The molecule has 1 fully saturated rings. The number of hydrogen-bond acceptors (Lipinski definition) is 5. The smallest absolute Gasteiger partial charge is 0.256 e. The highest BCUT2D eigenvalue weighted by Gasteiger charge is 2.56. The van der Waals surface area contributed by atoms with Crippen molar-refractivity contribution in [2.24, 2.45) is 10.7 Å². The molecule has 7 heteroatoms. The van der Waals surface area contributed by atoms with Crippen molar-refractivity contribution in [2.75, 3.05) is 6.26 Å². The van der Waals surface area contributed by atoms with Crippen LogP contribution in [0.1, 0.15) is 19.3 Å². The lowest BCUT2D eigenvalue weighted by atomic mass is 9.98. The third-order valence-electron chi connectivity index (χ3n) is 3.03. The average molecular weight is 231 g/mol. The van der Waals surface area contributed by atoms with Crippen LogP contribution < -0.4 is 11.1 Å². The Kier molecular flexibility index (Phi) is 2.04. The summed E-state index contributed by atoms with van der Waals surface area (Å²) in [6.45, 7) is 0. The minimum atomic E-state index is -3.27. The molecule has 0 aromatic rings. The molecular weight excluding hydrogens is 218 g/mol. The summed E-state index contributed by atoms with van der Waals surface area (Å²) < 4.78 is 23.1. The number of amides is 1. The Morgan fingerprint density at radius 3 is 2.73 bits per heavy atom. The van der Waals surface area contributed by atoms with Crippen molar-refractivity contribution in [3.63, 3.8) is 0 Å². The fraction of sp³-hybridized carbons (Fsp3) is 0.750. The minimum Gasteiger partial charge on any atom is -0.370 e. The molecule has 6 nitrogen and oxygen atoms in total. The molecule has 84 valence electrons. The van der Waals surface area contributed by atoms with Crippen molar-refractivity contribution in [2.45, 2.75) is 30.1 Å². The van der Waals surface area contributed by atoms with Gasteiger partial charge in [-0.05, 0) is 19.3 Å². The van der Waals surface area contributed by atoms with Crippen molar-refractivity contribution in [3.8, 4) is 0 Å². The molecule has 1 aliphatic carbocycles. The van der Waals surface area contributed by atoms with Gasteiger partial charge in [0, 0.05) is 6.26 Å². The van der Waals surface area contributed by atoms with Crippen LogP contribution in [0.4, 0.5) is 0 Å². The summed E-state index contributed by atoms with van der Waals surface area (Å²) in [6.07, 6.45) is 2.75. The van der Waals surface area contributed by atoms with Crippen LogP contribution in [0, 0.1) is 0 Å². The predicted octanol–water partition coefficient (Wildman–Crippen LogP) is -1.23. The Balaban J connectivity index is 2.48.